The summed E-state index contributed by atoms with van der Waals surface area (Å²) in [5, 5.41) is 2.97. The maximum atomic E-state index is 11.1. The fourth-order valence-electron chi connectivity index (χ4n) is 1.32. The van der Waals surface area contributed by atoms with Crippen molar-refractivity contribution in [3.63, 3.8) is 0 Å². The zero-order valence-corrected chi connectivity index (χ0v) is 7.58. The lowest BCUT2D eigenvalue weighted by atomic mass is 9.78. The minimum absolute atomic E-state index is 0.0854. The van der Waals surface area contributed by atoms with Crippen LogP contribution in [0.5, 0.6) is 0 Å². The summed E-state index contributed by atoms with van der Waals surface area (Å²) in [6.45, 7) is 2.09. The fraction of sp³-hybridized carbons (Fsp3) is 0.875. The van der Waals surface area contributed by atoms with Gasteiger partial charge < -0.3 is 5.32 Å². The van der Waals surface area contributed by atoms with E-state index in [0.717, 1.165) is 12.8 Å². The highest BCUT2D eigenvalue weighted by molar-refractivity contribution is 6.18. The third-order valence-electron chi connectivity index (χ3n) is 2.22. The summed E-state index contributed by atoms with van der Waals surface area (Å²) in [4.78, 5) is 11.1. The van der Waals surface area contributed by atoms with Gasteiger partial charge in [0.1, 0.15) is 0 Å². The van der Waals surface area contributed by atoms with Crippen LogP contribution in [0.4, 0.5) is 0 Å². The Hall–Kier alpha value is -0.240. The molecule has 0 bridgehead atoms. The van der Waals surface area contributed by atoms with E-state index in [1.807, 2.05) is 0 Å². The van der Waals surface area contributed by atoms with Crippen molar-refractivity contribution in [3.8, 4) is 0 Å². The number of hydrogen-bond donors (Lipinski definition) is 1. The average Bonchev–Trinajstić information content (AvgIpc) is 1.85. The van der Waals surface area contributed by atoms with Crippen LogP contribution < -0.4 is 5.32 Å². The number of rotatable bonds is 3. The normalized spacial score (nSPS) is 20.5. The Morgan fingerprint density at radius 3 is 2.64 bits per heavy atom. The van der Waals surface area contributed by atoms with E-state index in [2.05, 4.69) is 12.2 Å². The number of carbonyl (C=O) groups excluding carboxylic acids is 1. The molecule has 1 aliphatic carbocycles. The molecular formula is C8H14ClNO. The first-order valence-electron chi connectivity index (χ1n) is 4.03. The van der Waals surface area contributed by atoms with E-state index >= 15 is 0 Å². The molecule has 1 N–H and O–H groups in total. The quantitative estimate of drug-likeness (QED) is 0.650. The van der Waals surface area contributed by atoms with Crippen molar-refractivity contribution in [2.24, 2.45) is 0 Å². The van der Waals surface area contributed by atoms with Gasteiger partial charge in [0.15, 0.2) is 0 Å². The first-order chi connectivity index (χ1) is 5.16. The summed E-state index contributed by atoms with van der Waals surface area (Å²) in [5.41, 5.74) is 0.0865. The summed E-state index contributed by atoms with van der Waals surface area (Å²) in [6, 6.07) is 0. The van der Waals surface area contributed by atoms with Gasteiger partial charge in [-0.05, 0) is 26.2 Å². The van der Waals surface area contributed by atoms with Gasteiger partial charge in [-0.2, -0.15) is 0 Å². The van der Waals surface area contributed by atoms with Crippen LogP contribution in [0.1, 0.15) is 32.6 Å². The second-order valence-electron chi connectivity index (χ2n) is 3.40. The molecule has 64 valence electrons. The third-order valence-corrected chi connectivity index (χ3v) is 2.41. The SMILES string of the molecule is CC1(NC(=O)CCCl)CCC1. The zero-order chi connectivity index (χ0) is 8.32. The van der Waals surface area contributed by atoms with Gasteiger partial charge in [0.25, 0.3) is 0 Å². The number of halogens is 1. The fourth-order valence-corrected chi connectivity index (χ4v) is 1.49. The molecule has 1 fully saturated rings. The molecule has 3 heteroatoms. The number of nitrogens with one attached hydrogen (secondary N) is 1. The monoisotopic (exact) mass is 175 g/mol. The lowest BCUT2D eigenvalue weighted by Crippen LogP contribution is -2.50. The van der Waals surface area contributed by atoms with Crippen molar-refractivity contribution in [1.82, 2.24) is 5.32 Å². The molecule has 1 rings (SSSR count). The summed E-state index contributed by atoms with van der Waals surface area (Å²) in [6.07, 6.45) is 3.90. The van der Waals surface area contributed by atoms with E-state index in [9.17, 15) is 4.79 Å². The van der Waals surface area contributed by atoms with Crippen LogP contribution in [0.25, 0.3) is 0 Å². The molecule has 0 unspecified atom stereocenters. The minimum Gasteiger partial charge on any atom is -0.351 e. The number of amides is 1. The first-order valence-corrected chi connectivity index (χ1v) is 4.57. The molecule has 11 heavy (non-hydrogen) atoms. The number of alkyl halides is 1. The predicted molar refractivity (Wildman–Crippen MR) is 45.7 cm³/mol. The van der Waals surface area contributed by atoms with Crippen molar-refractivity contribution >= 4 is 17.5 Å². The smallest absolute Gasteiger partial charge is 0.221 e. The average molecular weight is 176 g/mol. The summed E-state index contributed by atoms with van der Waals surface area (Å²) in [7, 11) is 0. The zero-order valence-electron chi connectivity index (χ0n) is 6.82. The highest BCUT2D eigenvalue weighted by atomic mass is 35.5. The van der Waals surface area contributed by atoms with Crippen LogP contribution in [0.3, 0.4) is 0 Å². The van der Waals surface area contributed by atoms with E-state index in [1.54, 1.807) is 0 Å². The standard InChI is InChI=1S/C8H14ClNO/c1-8(4-2-5-8)10-7(11)3-6-9/h2-6H2,1H3,(H,10,11). The second kappa shape index (κ2) is 3.44. The van der Waals surface area contributed by atoms with E-state index in [4.69, 9.17) is 11.6 Å². The van der Waals surface area contributed by atoms with Crippen LogP contribution in [0.15, 0.2) is 0 Å². The molecule has 0 aromatic carbocycles. The number of carbonyl (C=O) groups is 1. The Morgan fingerprint density at radius 1 is 1.64 bits per heavy atom. The van der Waals surface area contributed by atoms with Gasteiger partial charge in [-0.3, -0.25) is 4.79 Å². The summed E-state index contributed by atoms with van der Waals surface area (Å²) >= 11 is 5.43. The van der Waals surface area contributed by atoms with Gasteiger partial charge in [0.05, 0.1) is 0 Å². The lowest BCUT2D eigenvalue weighted by molar-refractivity contribution is -0.123. The van der Waals surface area contributed by atoms with Crippen molar-refractivity contribution in [2.45, 2.75) is 38.1 Å². The maximum absolute atomic E-state index is 11.1. The molecule has 2 nitrogen and oxygen atoms in total. The molecule has 0 radical (unpaired) electrons. The molecule has 0 aliphatic heterocycles. The van der Waals surface area contributed by atoms with E-state index in [0.29, 0.717) is 12.3 Å². The molecule has 1 amide bonds. The van der Waals surface area contributed by atoms with Gasteiger partial charge >= 0.3 is 0 Å². The topological polar surface area (TPSA) is 29.1 Å². The van der Waals surface area contributed by atoms with Gasteiger partial charge in [0, 0.05) is 17.8 Å². The molecule has 0 aromatic heterocycles. The molecular weight excluding hydrogens is 162 g/mol. The maximum Gasteiger partial charge on any atom is 0.221 e. The Morgan fingerprint density at radius 2 is 2.27 bits per heavy atom. The van der Waals surface area contributed by atoms with Crippen LogP contribution in [0, 0.1) is 0 Å². The molecule has 1 aliphatic rings. The van der Waals surface area contributed by atoms with Crippen molar-refractivity contribution in [3.05, 3.63) is 0 Å². The molecule has 0 spiro atoms. The van der Waals surface area contributed by atoms with E-state index in [1.165, 1.54) is 6.42 Å². The number of hydrogen-bond acceptors (Lipinski definition) is 1. The first kappa shape index (κ1) is 8.85. The predicted octanol–water partition coefficient (Wildman–Crippen LogP) is 1.67. The Kier molecular flexibility index (Phi) is 2.77. The van der Waals surface area contributed by atoms with Gasteiger partial charge in [0.2, 0.25) is 5.91 Å². The van der Waals surface area contributed by atoms with Crippen LogP contribution >= 0.6 is 11.6 Å². The van der Waals surface area contributed by atoms with Gasteiger partial charge in [-0.15, -0.1) is 11.6 Å². The Bertz CT molecular complexity index is 154. The van der Waals surface area contributed by atoms with Crippen molar-refractivity contribution < 1.29 is 4.79 Å². The summed E-state index contributed by atoms with van der Waals surface area (Å²) in [5.74, 6) is 0.504. The van der Waals surface area contributed by atoms with Crippen molar-refractivity contribution in [2.75, 3.05) is 5.88 Å². The third kappa shape index (κ3) is 2.37. The molecule has 0 saturated heterocycles. The molecule has 0 heterocycles. The molecule has 1 saturated carbocycles. The van der Waals surface area contributed by atoms with Crippen LogP contribution in [-0.4, -0.2) is 17.3 Å². The Balaban J connectivity index is 2.23. The van der Waals surface area contributed by atoms with Gasteiger partial charge in [-0.1, -0.05) is 0 Å². The largest absolute Gasteiger partial charge is 0.351 e. The highest BCUT2D eigenvalue weighted by Crippen LogP contribution is 2.30. The second-order valence-corrected chi connectivity index (χ2v) is 3.78. The highest BCUT2D eigenvalue weighted by Gasteiger charge is 2.32. The lowest BCUT2D eigenvalue weighted by Gasteiger charge is -2.39. The van der Waals surface area contributed by atoms with E-state index in [-0.39, 0.29) is 11.4 Å². The molecule has 0 aromatic rings. The summed E-state index contributed by atoms with van der Waals surface area (Å²) < 4.78 is 0. The molecule has 0 atom stereocenters. The van der Waals surface area contributed by atoms with Crippen molar-refractivity contribution in [1.29, 1.82) is 0 Å². The van der Waals surface area contributed by atoms with Crippen LogP contribution in [-0.2, 0) is 4.79 Å². The Labute approximate surface area is 72.3 Å². The van der Waals surface area contributed by atoms with E-state index < -0.39 is 0 Å². The van der Waals surface area contributed by atoms with Gasteiger partial charge in [-0.25, -0.2) is 0 Å². The van der Waals surface area contributed by atoms with Crippen LogP contribution in [0.2, 0.25) is 0 Å². The minimum atomic E-state index is 0.0854.